The minimum absolute atomic E-state index is 0.00708. The minimum Gasteiger partial charge on any atom is -0.357 e. The molecule has 0 saturated carbocycles. The maximum atomic E-state index is 13.8. The van der Waals surface area contributed by atoms with Crippen molar-refractivity contribution in [3.63, 3.8) is 0 Å². The Balaban J connectivity index is 2.09. The number of benzene rings is 3. The number of aryl methyl sites for hydroxylation is 2. The molecule has 11 heteroatoms. The van der Waals surface area contributed by atoms with E-state index in [1.54, 1.807) is 56.3 Å². The van der Waals surface area contributed by atoms with Crippen LogP contribution in [-0.4, -0.2) is 44.8 Å². The second-order valence-corrected chi connectivity index (χ2v) is 11.9. The van der Waals surface area contributed by atoms with Crippen molar-refractivity contribution in [2.75, 3.05) is 17.9 Å². The van der Waals surface area contributed by atoms with Crippen LogP contribution in [0.2, 0.25) is 15.1 Å². The maximum Gasteiger partial charge on any atom is 0.264 e. The van der Waals surface area contributed by atoms with Gasteiger partial charge in [-0.2, -0.15) is 0 Å². The molecule has 0 heterocycles. The second kappa shape index (κ2) is 12.4. The van der Waals surface area contributed by atoms with Crippen LogP contribution in [0.3, 0.4) is 0 Å². The smallest absolute Gasteiger partial charge is 0.264 e. The molecule has 7 nitrogen and oxygen atoms in total. The Hall–Kier alpha value is -2.78. The summed E-state index contributed by atoms with van der Waals surface area (Å²) in [6, 6.07) is 15.0. The highest BCUT2D eigenvalue weighted by atomic mass is 35.5. The van der Waals surface area contributed by atoms with Crippen molar-refractivity contribution in [1.29, 1.82) is 0 Å². The quantitative estimate of drug-likeness (QED) is 0.347. The van der Waals surface area contributed by atoms with Crippen LogP contribution in [-0.2, 0) is 26.2 Å². The third-order valence-electron chi connectivity index (χ3n) is 6.14. The zero-order valence-corrected chi connectivity index (χ0v) is 24.4. The molecule has 0 unspecified atom stereocenters. The van der Waals surface area contributed by atoms with E-state index in [0.29, 0.717) is 20.6 Å². The van der Waals surface area contributed by atoms with Crippen molar-refractivity contribution in [3.05, 3.63) is 92.4 Å². The number of hydrogen-bond acceptors (Lipinski definition) is 4. The molecular weight excluding hydrogens is 569 g/mol. The van der Waals surface area contributed by atoms with Gasteiger partial charge in [0.25, 0.3) is 10.0 Å². The molecule has 0 aromatic heterocycles. The Bertz CT molecular complexity index is 1430. The third kappa shape index (κ3) is 6.61. The van der Waals surface area contributed by atoms with Crippen LogP contribution in [0, 0.1) is 13.8 Å². The number of carbonyl (C=O) groups is 2. The molecule has 0 aliphatic carbocycles. The van der Waals surface area contributed by atoms with Gasteiger partial charge in [0.1, 0.15) is 12.6 Å². The van der Waals surface area contributed by atoms with E-state index in [0.717, 1.165) is 15.4 Å². The lowest BCUT2D eigenvalue weighted by molar-refractivity contribution is -0.139. The first-order valence-corrected chi connectivity index (χ1v) is 14.2. The van der Waals surface area contributed by atoms with E-state index in [9.17, 15) is 18.0 Å². The Kier molecular flexibility index (Phi) is 9.70. The standard InChI is InChI=1S/C27H28Cl3N3O4S/c1-17-8-12-21(13-9-17)38(36,37)33(20-11-10-18(2)25(30)14-20)16-26(34)32(19(3)27(35)31-4)15-22-23(28)6-5-7-24(22)29/h5-14,19H,15-16H2,1-4H3,(H,31,35)/t19-/m1/s1. The van der Waals surface area contributed by atoms with Crippen LogP contribution in [0.5, 0.6) is 0 Å². The largest absolute Gasteiger partial charge is 0.357 e. The van der Waals surface area contributed by atoms with Crippen LogP contribution in [0.25, 0.3) is 0 Å². The fourth-order valence-electron chi connectivity index (χ4n) is 3.75. The number of nitrogens with one attached hydrogen (secondary N) is 1. The van der Waals surface area contributed by atoms with E-state index in [1.807, 2.05) is 6.92 Å². The average molecular weight is 597 g/mol. The van der Waals surface area contributed by atoms with Crippen LogP contribution in [0.4, 0.5) is 5.69 Å². The summed E-state index contributed by atoms with van der Waals surface area (Å²) in [6.45, 7) is 4.46. The van der Waals surface area contributed by atoms with Crippen LogP contribution < -0.4 is 9.62 Å². The average Bonchev–Trinajstić information content (AvgIpc) is 2.88. The maximum absolute atomic E-state index is 13.8. The Morgan fingerprint density at radius 3 is 2.08 bits per heavy atom. The Morgan fingerprint density at radius 1 is 0.921 bits per heavy atom. The van der Waals surface area contributed by atoms with E-state index >= 15 is 0 Å². The first-order chi connectivity index (χ1) is 17.9. The van der Waals surface area contributed by atoms with Crippen LogP contribution in [0.15, 0.2) is 65.6 Å². The summed E-state index contributed by atoms with van der Waals surface area (Å²) in [4.78, 5) is 27.7. The summed E-state index contributed by atoms with van der Waals surface area (Å²) in [6.07, 6.45) is 0. The zero-order chi connectivity index (χ0) is 28.2. The molecule has 3 aromatic carbocycles. The summed E-state index contributed by atoms with van der Waals surface area (Å²) in [5.74, 6) is -1.07. The molecule has 0 aliphatic heterocycles. The van der Waals surface area contributed by atoms with E-state index in [2.05, 4.69) is 5.32 Å². The summed E-state index contributed by atoms with van der Waals surface area (Å²) in [5.41, 5.74) is 2.27. The van der Waals surface area contributed by atoms with Gasteiger partial charge in [0, 0.05) is 34.2 Å². The molecular formula is C27H28Cl3N3O4S. The molecule has 3 rings (SSSR count). The highest BCUT2D eigenvalue weighted by Gasteiger charge is 2.33. The van der Waals surface area contributed by atoms with Crippen molar-refractivity contribution < 1.29 is 18.0 Å². The molecule has 2 amide bonds. The van der Waals surface area contributed by atoms with Crippen molar-refractivity contribution >= 4 is 62.3 Å². The number of carbonyl (C=O) groups excluding carboxylic acids is 2. The number of hydrogen-bond donors (Lipinski definition) is 1. The molecule has 0 saturated heterocycles. The van der Waals surface area contributed by atoms with Crippen molar-refractivity contribution in [2.24, 2.45) is 0 Å². The van der Waals surface area contributed by atoms with Crippen LogP contribution >= 0.6 is 34.8 Å². The number of likely N-dealkylation sites (N-methyl/N-ethyl adjacent to an activating group) is 1. The zero-order valence-electron chi connectivity index (χ0n) is 21.3. The number of sulfonamides is 1. The molecule has 0 fully saturated rings. The van der Waals surface area contributed by atoms with E-state index in [4.69, 9.17) is 34.8 Å². The van der Waals surface area contributed by atoms with Gasteiger partial charge in [0.2, 0.25) is 11.8 Å². The van der Waals surface area contributed by atoms with Gasteiger partial charge in [-0.25, -0.2) is 8.42 Å². The van der Waals surface area contributed by atoms with Gasteiger partial charge >= 0.3 is 0 Å². The van der Waals surface area contributed by atoms with Gasteiger partial charge in [0.05, 0.1) is 10.6 Å². The highest BCUT2D eigenvalue weighted by molar-refractivity contribution is 7.92. The second-order valence-electron chi connectivity index (χ2n) is 8.77. The molecule has 0 spiro atoms. The number of halogens is 3. The van der Waals surface area contributed by atoms with Crippen LogP contribution in [0.1, 0.15) is 23.6 Å². The van der Waals surface area contributed by atoms with Crippen molar-refractivity contribution in [3.8, 4) is 0 Å². The normalized spacial score (nSPS) is 12.1. The van der Waals surface area contributed by atoms with Crippen molar-refractivity contribution in [2.45, 2.75) is 38.3 Å². The first-order valence-electron chi connectivity index (χ1n) is 11.7. The lowest BCUT2D eigenvalue weighted by Crippen LogP contribution is -2.50. The predicted octanol–water partition coefficient (Wildman–Crippen LogP) is 5.62. The van der Waals surface area contributed by atoms with E-state index in [1.165, 1.54) is 30.1 Å². The monoisotopic (exact) mass is 595 g/mol. The molecule has 202 valence electrons. The van der Waals surface area contributed by atoms with Gasteiger partial charge in [-0.15, -0.1) is 0 Å². The SMILES string of the molecule is CNC(=O)[C@@H](C)N(Cc1c(Cl)cccc1Cl)C(=O)CN(c1ccc(C)c(Cl)c1)S(=O)(=O)c1ccc(C)cc1. The number of nitrogens with zero attached hydrogens (tertiary/aromatic N) is 2. The molecule has 1 atom stereocenters. The molecule has 0 aliphatic rings. The minimum atomic E-state index is -4.20. The fourth-order valence-corrected chi connectivity index (χ4v) is 5.85. The summed E-state index contributed by atoms with van der Waals surface area (Å²) < 4.78 is 28.6. The van der Waals surface area contributed by atoms with Crippen molar-refractivity contribution in [1.82, 2.24) is 10.2 Å². The van der Waals surface area contributed by atoms with E-state index in [-0.39, 0.29) is 17.1 Å². The summed E-state index contributed by atoms with van der Waals surface area (Å²) in [5, 5.41) is 3.50. The Morgan fingerprint density at radius 2 is 1.53 bits per heavy atom. The van der Waals surface area contributed by atoms with E-state index < -0.39 is 34.4 Å². The molecule has 1 N–H and O–H groups in total. The van der Waals surface area contributed by atoms with Gasteiger partial charge in [-0.1, -0.05) is 64.6 Å². The predicted molar refractivity (Wildman–Crippen MR) is 152 cm³/mol. The van der Waals surface area contributed by atoms with Gasteiger partial charge in [0.15, 0.2) is 0 Å². The molecule has 3 aromatic rings. The fraction of sp³-hybridized carbons (Fsp3) is 0.259. The Labute approximate surface area is 238 Å². The number of anilines is 1. The molecule has 38 heavy (non-hydrogen) atoms. The van der Waals surface area contributed by atoms with Gasteiger partial charge in [-0.3, -0.25) is 13.9 Å². The van der Waals surface area contributed by atoms with Gasteiger partial charge in [-0.05, 0) is 62.7 Å². The lowest BCUT2D eigenvalue weighted by atomic mass is 10.1. The van der Waals surface area contributed by atoms with Gasteiger partial charge < -0.3 is 10.2 Å². The summed E-state index contributed by atoms with van der Waals surface area (Å²) in [7, 11) is -2.74. The first kappa shape index (κ1) is 29.8. The molecule has 0 radical (unpaired) electrons. The number of amides is 2. The lowest BCUT2D eigenvalue weighted by Gasteiger charge is -2.32. The molecule has 0 bridgehead atoms. The topological polar surface area (TPSA) is 86.8 Å². The highest BCUT2D eigenvalue weighted by Crippen LogP contribution is 2.30. The number of rotatable bonds is 9. The summed E-state index contributed by atoms with van der Waals surface area (Å²) >= 11 is 19.0. The third-order valence-corrected chi connectivity index (χ3v) is 9.04.